The van der Waals surface area contributed by atoms with Gasteiger partial charge in [0.1, 0.15) is 0 Å². The van der Waals surface area contributed by atoms with Crippen LogP contribution >= 0.6 is 0 Å². The molecule has 0 bridgehead atoms. The highest BCUT2D eigenvalue weighted by Gasteiger charge is 2.53. The van der Waals surface area contributed by atoms with Gasteiger partial charge in [-0.25, -0.2) is 0 Å². The summed E-state index contributed by atoms with van der Waals surface area (Å²) in [5, 5.41) is 2.52. The number of nitrogens with zero attached hydrogens (tertiary/aromatic N) is 3. The predicted molar refractivity (Wildman–Crippen MR) is 317 cm³/mol. The Morgan fingerprint density at radius 3 is 1.32 bits per heavy atom. The summed E-state index contributed by atoms with van der Waals surface area (Å²) >= 11 is 0. The number of rotatable bonds is 9. The van der Waals surface area contributed by atoms with Gasteiger partial charge in [-0.15, -0.1) is 0 Å². The van der Waals surface area contributed by atoms with Gasteiger partial charge in [0.15, 0.2) is 0 Å². The van der Waals surface area contributed by atoms with Crippen molar-refractivity contribution in [2.24, 2.45) is 0 Å². The van der Waals surface area contributed by atoms with E-state index in [1.807, 2.05) is 0 Å². The van der Waals surface area contributed by atoms with Gasteiger partial charge in [-0.1, -0.05) is 212 Å². The molecule has 1 aromatic heterocycles. The van der Waals surface area contributed by atoms with Gasteiger partial charge in [0.25, 0.3) is 0 Å². The van der Waals surface area contributed by atoms with Gasteiger partial charge in [0.2, 0.25) is 0 Å². The Morgan fingerprint density at radius 1 is 0.276 bits per heavy atom. The summed E-state index contributed by atoms with van der Waals surface area (Å²) in [6, 6.07) is 109. The summed E-state index contributed by atoms with van der Waals surface area (Å²) < 4.78 is 2.45. The number of fused-ring (bicyclic) bond motifs is 14. The van der Waals surface area contributed by atoms with Crippen molar-refractivity contribution in [2.75, 3.05) is 9.80 Å². The Morgan fingerprint density at radius 2 is 0.724 bits per heavy atom. The van der Waals surface area contributed by atoms with Gasteiger partial charge in [-0.05, 0) is 146 Å². The molecule has 1 unspecified atom stereocenters. The van der Waals surface area contributed by atoms with Crippen LogP contribution in [0.2, 0.25) is 0 Å². The zero-order valence-corrected chi connectivity index (χ0v) is 41.6. The minimum atomic E-state index is -0.689. The van der Waals surface area contributed by atoms with E-state index >= 15 is 0 Å². The number of hydrogen-bond donors (Lipinski definition) is 0. The van der Waals surface area contributed by atoms with Crippen molar-refractivity contribution in [1.82, 2.24) is 4.57 Å². The minimum absolute atomic E-state index is 0.689. The van der Waals surface area contributed by atoms with Gasteiger partial charge in [0, 0.05) is 50.5 Å². The van der Waals surface area contributed by atoms with E-state index in [1.54, 1.807) is 0 Å². The molecular formula is C73H49N3. The third-order valence-electron chi connectivity index (χ3n) is 16.0. The molecule has 0 N–H and O–H groups in total. The van der Waals surface area contributed by atoms with Crippen LogP contribution < -0.4 is 9.80 Å². The highest BCUT2D eigenvalue weighted by atomic mass is 15.2. The first kappa shape index (κ1) is 43.6. The van der Waals surface area contributed by atoms with Gasteiger partial charge < -0.3 is 14.4 Å². The molecular weight excluding hydrogens is 919 g/mol. The molecule has 0 radical (unpaired) electrons. The van der Waals surface area contributed by atoms with Crippen LogP contribution in [0.25, 0.3) is 72.0 Å². The van der Waals surface area contributed by atoms with Crippen LogP contribution in [-0.4, -0.2) is 4.57 Å². The zero-order valence-electron chi connectivity index (χ0n) is 41.6. The fourth-order valence-corrected chi connectivity index (χ4v) is 12.8. The topological polar surface area (TPSA) is 11.4 Å². The number of benzene rings is 12. The molecule has 12 aromatic carbocycles. The van der Waals surface area contributed by atoms with Gasteiger partial charge in [0.05, 0.1) is 22.1 Å². The molecule has 0 aliphatic heterocycles. The van der Waals surface area contributed by atoms with Gasteiger partial charge in [-0.3, -0.25) is 0 Å². The van der Waals surface area contributed by atoms with E-state index in [9.17, 15) is 0 Å². The Labute approximate surface area is 443 Å². The van der Waals surface area contributed by atoms with E-state index in [-0.39, 0.29) is 0 Å². The maximum absolute atomic E-state index is 2.53. The quantitative estimate of drug-likeness (QED) is 0.143. The van der Waals surface area contributed by atoms with Crippen LogP contribution in [0.1, 0.15) is 22.3 Å². The van der Waals surface area contributed by atoms with Crippen molar-refractivity contribution in [1.29, 1.82) is 0 Å². The van der Waals surface area contributed by atoms with E-state index in [0.29, 0.717) is 0 Å². The maximum atomic E-state index is 2.53. The lowest BCUT2D eigenvalue weighted by Gasteiger charge is -2.34. The molecule has 13 aromatic rings. The van der Waals surface area contributed by atoms with Gasteiger partial charge >= 0.3 is 0 Å². The Hall–Kier alpha value is -9.96. The second-order valence-electron chi connectivity index (χ2n) is 20.0. The molecule has 356 valence electrons. The zero-order chi connectivity index (χ0) is 50.2. The standard InChI is InChI=1S/C73H49N3/c1-6-22-50(23-7-1)52-38-42-57(43-39-52)74(54-26-10-3-11-27-54)59-48-66-70(69(49-59)75(55-28-12-4-13-29-55)58-44-40-53(41-45-58)51-24-8-2-9-25-51)60-32-16-19-35-63(60)73(66)64-36-20-17-33-61(64)71-65(73)46-47-68-72(71)62-34-18-21-37-67(62)76(68)56-30-14-5-15-31-56/h1-49H. The third-order valence-corrected chi connectivity index (χ3v) is 16.0. The van der Waals surface area contributed by atoms with Crippen molar-refractivity contribution < 1.29 is 0 Å². The van der Waals surface area contributed by atoms with Crippen LogP contribution in [0.4, 0.5) is 34.1 Å². The lowest BCUT2D eigenvalue weighted by Crippen LogP contribution is -2.26. The molecule has 0 fully saturated rings. The lowest BCUT2D eigenvalue weighted by atomic mass is 9.70. The van der Waals surface area contributed by atoms with Crippen LogP contribution in [-0.2, 0) is 5.41 Å². The smallest absolute Gasteiger partial charge is 0.0727 e. The number of anilines is 6. The monoisotopic (exact) mass is 967 g/mol. The van der Waals surface area contributed by atoms with E-state index in [0.717, 1.165) is 39.8 Å². The lowest BCUT2D eigenvalue weighted by molar-refractivity contribution is 0.794. The summed E-state index contributed by atoms with van der Waals surface area (Å²) in [5.41, 5.74) is 24.2. The molecule has 1 atom stereocenters. The highest BCUT2D eigenvalue weighted by molar-refractivity contribution is 6.19. The van der Waals surface area contributed by atoms with Crippen molar-refractivity contribution in [2.45, 2.75) is 5.41 Å². The number of aromatic nitrogens is 1. The first-order valence-electron chi connectivity index (χ1n) is 26.3. The first-order chi connectivity index (χ1) is 37.7. The van der Waals surface area contributed by atoms with E-state index in [1.165, 1.54) is 88.6 Å². The average molecular weight is 968 g/mol. The van der Waals surface area contributed by atoms with E-state index < -0.39 is 5.41 Å². The predicted octanol–water partition coefficient (Wildman–Crippen LogP) is 19.4. The fraction of sp³-hybridized carbons (Fsp3) is 0.0137. The molecule has 3 nitrogen and oxygen atoms in total. The molecule has 15 rings (SSSR count). The highest BCUT2D eigenvalue weighted by Crippen LogP contribution is 2.67. The van der Waals surface area contributed by atoms with E-state index in [2.05, 4.69) is 312 Å². The Kier molecular flexibility index (Phi) is 10.1. The van der Waals surface area contributed by atoms with Gasteiger partial charge in [-0.2, -0.15) is 0 Å². The summed E-state index contributed by atoms with van der Waals surface area (Å²) in [6.45, 7) is 0. The molecule has 0 saturated heterocycles. The molecule has 0 amide bonds. The Bertz CT molecular complexity index is 4300. The van der Waals surface area contributed by atoms with Crippen molar-refractivity contribution in [3.05, 3.63) is 320 Å². The average Bonchev–Trinajstić information content (AvgIpc) is 4.28. The fourth-order valence-electron chi connectivity index (χ4n) is 12.8. The molecule has 1 heterocycles. The number of hydrogen-bond acceptors (Lipinski definition) is 2. The molecule has 2 aliphatic rings. The second-order valence-corrected chi connectivity index (χ2v) is 20.0. The van der Waals surface area contributed by atoms with Crippen molar-refractivity contribution in [3.63, 3.8) is 0 Å². The molecule has 2 aliphatic carbocycles. The van der Waals surface area contributed by atoms with Crippen LogP contribution in [0.15, 0.2) is 297 Å². The second kappa shape index (κ2) is 17.6. The molecule has 1 spiro atoms. The van der Waals surface area contributed by atoms with Crippen LogP contribution in [0.5, 0.6) is 0 Å². The summed E-state index contributed by atoms with van der Waals surface area (Å²) in [6.07, 6.45) is 0. The molecule has 3 heteroatoms. The molecule has 76 heavy (non-hydrogen) atoms. The van der Waals surface area contributed by atoms with Crippen LogP contribution in [0, 0.1) is 0 Å². The SMILES string of the molecule is c1ccc(-c2ccc(N(c3ccccc3)c3cc(N(c4ccccc4)c4ccc(-c5ccccc5)cc4)c4c(c3)C3(c5ccccc5-4)c4ccccc4-c4c3ccc3c4c4ccccc4n3-c3ccccc3)cc2)cc1. The summed E-state index contributed by atoms with van der Waals surface area (Å²) in [7, 11) is 0. The first-order valence-corrected chi connectivity index (χ1v) is 26.3. The van der Waals surface area contributed by atoms with Crippen LogP contribution in [0.3, 0.4) is 0 Å². The molecule has 0 saturated carbocycles. The third kappa shape index (κ3) is 6.62. The van der Waals surface area contributed by atoms with E-state index in [4.69, 9.17) is 0 Å². The van der Waals surface area contributed by atoms with Crippen molar-refractivity contribution in [3.8, 4) is 50.2 Å². The minimum Gasteiger partial charge on any atom is -0.310 e. The Balaban J connectivity index is 1.06. The maximum Gasteiger partial charge on any atom is 0.0727 e. The van der Waals surface area contributed by atoms with Crippen molar-refractivity contribution >= 4 is 55.9 Å². The largest absolute Gasteiger partial charge is 0.310 e. The summed E-state index contributed by atoms with van der Waals surface area (Å²) in [4.78, 5) is 4.95. The number of para-hydroxylation sites is 4. The normalized spacial score (nSPS) is 13.8. The summed E-state index contributed by atoms with van der Waals surface area (Å²) in [5.74, 6) is 0.